The van der Waals surface area contributed by atoms with Gasteiger partial charge in [0, 0.05) is 24.8 Å². The summed E-state index contributed by atoms with van der Waals surface area (Å²) in [5.74, 6) is 0.0499. The van der Waals surface area contributed by atoms with Crippen LogP contribution in [0.2, 0.25) is 0 Å². The Morgan fingerprint density at radius 2 is 1.79 bits per heavy atom. The van der Waals surface area contributed by atoms with E-state index >= 15 is 0 Å². The number of nitrogens with one attached hydrogen (secondary N) is 1. The topological polar surface area (TPSA) is 78.4 Å². The molecule has 1 N–H and O–H groups in total. The Labute approximate surface area is 200 Å². The van der Waals surface area contributed by atoms with Gasteiger partial charge in [0.25, 0.3) is 5.91 Å². The molecule has 1 atom stereocenters. The number of nitrogens with zero attached hydrogens (tertiary/aromatic N) is 4. The molecule has 0 aliphatic carbocycles. The molecule has 182 valence electrons. The summed E-state index contributed by atoms with van der Waals surface area (Å²) >= 11 is 0. The molecule has 2 aliphatic rings. The van der Waals surface area contributed by atoms with Gasteiger partial charge in [0.05, 0.1) is 17.3 Å². The number of carbonyl (C=O) groups excluding carboxylic acids is 2. The van der Waals surface area contributed by atoms with E-state index in [4.69, 9.17) is 0 Å². The van der Waals surface area contributed by atoms with Gasteiger partial charge in [-0.1, -0.05) is 12.8 Å². The Hall–Kier alpha value is -2.87. The molecule has 2 aliphatic heterocycles. The Kier molecular flexibility index (Phi) is 8.21. The summed E-state index contributed by atoms with van der Waals surface area (Å²) in [6.07, 6.45) is 9.86. The van der Waals surface area contributed by atoms with Crippen LogP contribution in [0.3, 0.4) is 0 Å². The van der Waals surface area contributed by atoms with Gasteiger partial charge >= 0.3 is 0 Å². The second kappa shape index (κ2) is 11.5. The van der Waals surface area contributed by atoms with Crippen molar-refractivity contribution in [3.05, 3.63) is 53.4 Å². The molecule has 7 nitrogen and oxygen atoms in total. The molecule has 0 radical (unpaired) electrons. The number of aryl methyl sites for hydroxylation is 1. The fourth-order valence-corrected chi connectivity index (χ4v) is 4.89. The lowest BCUT2D eigenvalue weighted by atomic mass is 10.1. The minimum Gasteiger partial charge on any atom is -0.332 e. The molecule has 8 heteroatoms. The van der Waals surface area contributed by atoms with E-state index < -0.39 is 0 Å². The molecule has 3 heterocycles. The first kappa shape index (κ1) is 24.3. The summed E-state index contributed by atoms with van der Waals surface area (Å²) in [5, 5.41) is 2.74. The van der Waals surface area contributed by atoms with Crippen LogP contribution in [-0.4, -0.2) is 57.8 Å². The number of aromatic nitrogens is 2. The van der Waals surface area contributed by atoms with Crippen LogP contribution in [0.5, 0.6) is 0 Å². The van der Waals surface area contributed by atoms with E-state index in [1.165, 1.54) is 56.1 Å². The van der Waals surface area contributed by atoms with Gasteiger partial charge in [-0.3, -0.25) is 9.59 Å². The zero-order chi connectivity index (χ0) is 23.9. The lowest BCUT2D eigenvalue weighted by molar-refractivity contribution is -0.132. The van der Waals surface area contributed by atoms with Crippen molar-refractivity contribution in [3.63, 3.8) is 0 Å². The van der Waals surface area contributed by atoms with Crippen molar-refractivity contribution in [2.24, 2.45) is 0 Å². The Bertz CT molecular complexity index is 989. The maximum Gasteiger partial charge on any atom is 0.259 e. The number of anilines is 1. The van der Waals surface area contributed by atoms with Gasteiger partial charge in [0.15, 0.2) is 5.82 Å². The van der Waals surface area contributed by atoms with Crippen LogP contribution in [0.15, 0.2) is 30.5 Å². The second-order valence-corrected chi connectivity index (χ2v) is 9.29. The minimum atomic E-state index is -0.362. The van der Waals surface area contributed by atoms with E-state index in [0.717, 1.165) is 45.4 Å². The van der Waals surface area contributed by atoms with Gasteiger partial charge in [-0.15, -0.1) is 0 Å². The van der Waals surface area contributed by atoms with Crippen LogP contribution in [-0.2, 0) is 4.79 Å². The van der Waals surface area contributed by atoms with Gasteiger partial charge in [0.1, 0.15) is 5.82 Å². The fraction of sp³-hybridized carbons (Fsp3) is 0.538. The molecule has 2 amide bonds. The highest BCUT2D eigenvalue weighted by molar-refractivity contribution is 6.04. The standard InChI is InChI=1S/C26H34FN5O2/c1-19-22(26(34)30-21-12-10-20(27)11-13-21)18-28-25(29-19)23-8-6-17-32(23)24(33)9-7-16-31-14-4-2-3-5-15-31/h10-13,18,23H,2-9,14-17H2,1H3,(H,30,34)/t23-/m1/s1. The quantitative estimate of drug-likeness (QED) is 0.649. The SMILES string of the molecule is Cc1nc([C@H]2CCCN2C(=O)CCCN2CCCCCC2)ncc1C(=O)Nc1ccc(F)cc1. The van der Waals surface area contributed by atoms with Crippen molar-refractivity contribution < 1.29 is 14.0 Å². The van der Waals surface area contributed by atoms with Crippen LogP contribution < -0.4 is 5.32 Å². The zero-order valence-electron chi connectivity index (χ0n) is 19.9. The molecular formula is C26H34FN5O2. The lowest BCUT2D eigenvalue weighted by Gasteiger charge is -2.25. The van der Waals surface area contributed by atoms with Crippen LogP contribution in [0, 0.1) is 12.7 Å². The number of rotatable bonds is 7. The summed E-state index contributed by atoms with van der Waals surface area (Å²) in [5.41, 5.74) is 1.43. The molecule has 0 bridgehead atoms. The monoisotopic (exact) mass is 467 g/mol. The fourth-order valence-electron chi connectivity index (χ4n) is 4.89. The number of hydrogen-bond acceptors (Lipinski definition) is 5. The van der Waals surface area contributed by atoms with Crippen molar-refractivity contribution >= 4 is 17.5 Å². The van der Waals surface area contributed by atoms with E-state index in [-0.39, 0.29) is 23.7 Å². The zero-order valence-corrected chi connectivity index (χ0v) is 19.9. The number of likely N-dealkylation sites (tertiary alicyclic amines) is 2. The predicted octanol–water partition coefficient (Wildman–Crippen LogP) is 4.50. The van der Waals surface area contributed by atoms with Gasteiger partial charge in [0.2, 0.25) is 5.91 Å². The van der Waals surface area contributed by atoms with Gasteiger partial charge in [-0.25, -0.2) is 14.4 Å². The van der Waals surface area contributed by atoms with Crippen LogP contribution >= 0.6 is 0 Å². The molecule has 1 aromatic heterocycles. The third kappa shape index (κ3) is 6.17. The molecule has 1 aromatic carbocycles. The molecule has 0 unspecified atom stereocenters. The highest BCUT2D eigenvalue weighted by Gasteiger charge is 2.32. The van der Waals surface area contributed by atoms with Gasteiger partial charge < -0.3 is 15.1 Å². The number of halogens is 1. The maximum atomic E-state index is 13.1. The molecule has 0 saturated carbocycles. The van der Waals surface area contributed by atoms with Gasteiger partial charge in [-0.05, 0) is 82.9 Å². The average molecular weight is 468 g/mol. The summed E-state index contributed by atoms with van der Waals surface area (Å²) in [6.45, 7) is 5.77. The summed E-state index contributed by atoms with van der Waals surface area (Å²) < 4.78 is 13.1. The Balaban J connectivity index is 1.34. The van der Waals surface area contributed by atoms with E-state index in [0.29, 0.717) is 29.2 Å². The van der Waals surface area contributed by atoms with E-state index in [9.17, 15) is 14.0 Å². The molecular weight excluding hydrogens is 433 g/mol. The average Bonchev–Trinajstić information content (AvgIpc) is 3.18. The van der Waals surface area contributed by atoms with Crippen molar-refractivity contribution in [3.8, 4) is 0 Å². The second-order valence-electron chi connectivity index (χ2n) is 9.29. The van der Waals surface area contributed by atoms with Crippen molar-refractivity contribution in [2.45, 2.75) is 64.3 Å². The lowest BCUT2D eigenvalue weighted by Crippen LogP contribution is -2.33. The molecule has 34 heavy (non-hydrogen) atoms. The number of benzene rings is 1. The number of amides is 2. The first-order chi connectivity index (χ1) is 16.5. The molecule has 2 fully saturated rings. The van der Waals surface area contributed by atoms with Crippen LogP contribution in [0.4, 0.5) is 10.1 Å². The van der Waals surface area contributed by atoms with Crippen molar-refractivity contribution in [1.29, 1.82) is 0 Å². The molecule has 0 spiro atoms. The van der Waals surface area contributed by atoms with E-state index in [1.807, 2.05) is 4.90 Å². The summed E-state index contributed by atoms with van der Waals surface area (Å²) in [4.78, 5) is 39.1. The highest BCUT2D eigenvalue weighted by atomic mass is 19.1. The van der Waals surface area contributed by atoms with Crippen molar-refractivity contribution in [1.82, 2.24) is 19.8 Å². The third-order valence-corrected chi connectivity index (χ3v) is 6.78. The maximum absolute atomic E-state index is 13.1. The number of carbonyl (C=O) groups is 2. The van der Waals surface area contributed by atoms with Crippen LogP contribution in [0.25, 0.3) is 0 Å². The Morgan fingerprint density at radius 3 is 2.50 bits per heavy atom. The Morgan fingerprint density at radius 1 is 1.06 bits per heavy atom. The minimum absolute atomic E-state index is 0.140. The van der Waals surface area contributed by atoms with E-state index in [2.05, 4.69) is 20.2 Å². The summed E-state index contributed by atoms with van der Waals surface area (Å²) in [6, 6.07) is 5.46. The first-order valence-electron chi connectivity index (χ1n) is 12.4. The predicted molar refractivity (Wildman–Crippen MR) is 129 cm³/mol. The van der Waals surface area contributed by atoms with Crippen LogP contribution in [0.1, 0.15) is 79.3 Å². The molecule has 2 aromatic rings. The highest BCUT2D eigenvalue weighted by Crippen LogP contribution is 2.31. The summed E-state index contributed by atoms with van der Waals surface area (Å²) in [7, 11) is 0. The number of hydrogen-bond donors (Lipinski definition) is 1. The molecule has 2 saturated heterocycles. The third-order valence-electron chi connectivity index (χ3n) is 6.78. The largest absolute Gasteiger partial charge is 0.332 e. The molecule has 4 rings (SSSR count). The normalized spacial score (nSPS) is 19.1. The smallest absolute Gasteiger partial charge is 0.259 e. The van der Waals surface area contributed by atoms with E-state index in [1.54, 1.807) is 6.92 Å². The van der Waals surface area contributed by atoms with Gasteiger partial charge in [-0.2, -0.15) is 0 Å². The van der Waals surface area contributed by atoms with Crippen molar-refractivity contribution in [2.75, 3.05) is 31.5 Å². The first-order valence-corrected chi connectivity index (χ1v) is 12.4.